The van der Waals surface area contributed by atoms with Gasteiger partial charge >= 0.3 is 6.03 Å². The van der Waals surface area contributed by atoms with Crippen molar-refractivity contribution in [1.82, 2.24) is 20.0 Å². The molecular formula is C18H24N4O2S. The Balaban J connectivity index is 1.51. The summed E-state index contributed by atoms with van der Waals surface area (Å²) >= 11 is 1.58. The van der Waals surface area contributed by atoms with Gasteiger partial charge in [-0.25, -0.2) is 4.79 Å². The Morgan fingerprint density at radius 3 is 2.72 bits per heavy atom. The van der Waals surface area contributed by atoms with Crippen molar-refractivity contribution in [2.75, 3.05) is 39.8 Å². The van der Waals surface area contributed by atoms with Crippen molar-refractivity contribution in [2.45, 2.75) is 25.3 Å². The normalized spacial score (nSPS) is 24.8. The summed E-state index contributed by atoms with van der Waals surface area (Å²) in [7, 11) is 1.75. The number of thiophene rings is 1. The van der Waals surface area contributed by atoms with E-state index in [1.165, 1.54) is 19.3 Å². The lowest BCUT2D eigenvalue weighted by molar-refractivity contribution is -0.126. The van der Waals surface area contributed by atoms with Crippen LogP contribution in [0.25, 0.3) is 0 Å². The number of nitrogens with one attached hydrogen (secondary N) is 1. The third-order valence-electron chi connectivity index (χ3n) is 5.45. The highest BCUT2D eigenvalue weighted by Gasteiger charge is 2.42. The summed E-state index contributed by atoms with van der Waals surface area (Å²) in [5, 5.41) is 6.96. The number of piperidine rings is 1. The van der Waals surface area contributed by atoms with E-state index in [2.05, 4.69) is 10.2 Å². The highest BCUT2D eigenvalue weighted by Crippen LogP contribution is 2.36. The highest BCUT2D eigenvalue weighted by molar-refractivity contribution is 7.08. The first-order valence-electron chi connectivity index (χ1n) is 8.96. The lowest BCUT2D eigenvalue weighted by Crippen LogP contribution is -2.45. The molecule has 0 radical (unpaired) electrons. The predicted octanol–water partition coefficient (Wildman–Crippen LogP) is 2.03. The van der Waals surface area contributed by atoms with Gasteiger partial charge < -0.3 is 15.1 Å². The Bertz CT molecular complexity index is 694. The standard InChI is InChI=1S/C18H24N4O2S/c1-20-14-11-22(9-8-21-6-3-2-4-7-21)17(23)15(14)16(19-18(20)24)13-5-10-25-12-13/h5,10,12,16H,2-4,6-9,11H2,1H3,(H,19,24). The first kappa shape index (κ1) is 16.6. The van der Waals surface area contributed by atoms with Gasteiger partial charge in [-0.1, -0.05) is 6.42 Å². The zero-order valence-electron chi connectivity index (χ0n) is 14.5. The average Bonchev–Trinajstić information content (AvgIpc) is 3.26. The zero-order chi connectivity index (χ0) is 17.4. The molecule has 0 aromatic carbocycles. The summed E-state index contributed by atoms with van der Waals surface area (Å²) in [6, 6.07) is 1.52. The fourth-order valence-electron chi connectivity index (χ4n) is 3.94. The third-order valence-corrected chi connectivity index (χ3v) is 6.15. The van der Waals surface area contributed by atoms with E-state index in [-0.39, 0.29) is 18.0 Å². The molecule has 0 aliphatic carbocycles. The van der Waals surface area contributed by atoms with Gasteiger partial charge in [0.2, 0.25) is 0 Å². The molecule has 6 nitrogen and oxygen atoms in total. The van der Waals surface area contributed by atoms with Crippen molar-refractivity contribution >= 4 is 23.3 Å². The molecule has 1 atom stereocenters. The number of likely N-dealkylation sites (tertiary alicyclic amines) is 1. The van der Waals surface area contributed by atoms with Crippen molar-refractivity contribution < 1.29 is 9.59 Å². The quantitative estimate of drug-likeness (QED) is 0.894. The molecule has 3 aliphatic heterocycles. The summed E-state index contributed by atoms with van der Waals surface area (Å²) < 4.78 is 0. The summed E-state index contributed by atoms with van der Waals surface area (Å²) in [6.45, 7) is 4.44. The first-order valence-corrected chi connectivity index (χ1v) is 9.90. The molecule has 3 aliphatic rings. The summed E-state index contributed by atoms with van der Waals surface area (Å²) in [5.41, 5.74) is 2.58. The van der Waals surface area contributed by atoms with Crippen molar-refractivity contribution in [2.24, 2.45) is 0 Å². The van der Waals surface area contributed by atoms with E-state index < -0.39 is 0 Å². The number of carbonyl (C=O) groups is 2. The molecule has 1 aromatic heterocycles. The van der Waals surface area contributed by atoms with Gasteiger partial charge in [-0.3, -0.25) is 9.69 Å². The number of hydrogen-bond acceptors (Lipinski definition) is 4. The minimum absolute atomic E-state index is 0.0649. The smallest absolute Gasteiger partial charge is 0.322 e. The van der Waals surface area contributed by atoms with Crippen LogP contribution >= 0.6 is 11.3 Å². The molecule has 7 heteroatoms. The van der Waals surface area contributed by atoms with Gasteiger partial charge in [-0.15, -0.1) is 0 Å². The Hall–Kier alpha value is -1.86. The number of urea groups is 1. The Morgan fingerprint density at radius 2 is 2.00 bits per heavy atom. The second kappa shape index (κ2) is 6.80. The van der Waals surface area contributed by atoms with E-state index in [1.54, 1.807) is 23.3 Å². The van der Waals surface area contributed by atoms with Gasteiger partial charge in [0.1, 0.15) is 0 Å². The molecule has 0 saturated carbocycles. The number of likely N-dealkylation sites (N-methyl/N-ethyl adjacent to an activating group) is 1. The number of rotatable bonds is 4. The van der Waals surface area contributed by atoms with Crippen LogP contribution in [-0.4, -0.2) is 66.4 Å². The molecule has 4 rings (SSSR count). The molecule has 0 bridgehead atoms. The fourth-order valence-corrected chi connectivity index (χ4v) is 4.62. The van der Waals surface area contributed by atoms with Crippen LogP contribution in [0.3, 0.4) is 0 Å². The minimum atomic E-state index is -0.322. The maximum absolute atomic E-state index is 13.0. The van der Waals surface area contributed by atoms with E-state index in [0.717, 1.165) is 43.0 Å². The summed E-state index contributed by atoms with van der Waals surface area (Å²) in [5.74, 6) is 0.0649. The minimum Gasteiger partial charge on any atom is -0.332 e. The first-order chi connectivity index (χ1) is 12.1. The van der Waals surface area contributed by atoms with E-state index >= 15 is 0 Å². The maximum atomic E-state index is 13.0. The molecular weight excluding hydrogens is 336 g/mol. The summed E-state index contributed by atoms with van der Waals surface area (Å²) in [4.78, 5) is 31.3. The molecule has 25 heavy (non-hydrogen) atoms. The Morgan fingerprint density at radius 1 is 1.20 bits per heavy atom. The largest absolute Gasteiger partial charge is 0.332 e. The van der Waals surface area contributed by atoms with Gasteiger partial charge in [0.15, 0.2) is 0 Å². The zero-order valence-corrected chi connectivity index (χ0v) is 15.3. The number of amides is 3. The van der Waals surface area contributed by atoms with Gasteiger partial charge in [0.05, 0.1) is 23.9 Å². The van der Waals surface area contributed by atoms with Crippen LogP contribution in [0, 0.1) is 0 Å². The van der Waals surface area contributed by atoms with Crippen molar-refractivity contribution in [3.05, 3.63) is 33.7 Å². The topological polar surface area (TPSA) is 55.9 Å². The second-order valence-corrected chi connectivity index (χ2v) is 7.77. The maximum Gasteiger partial charge on any atom is 0.322 e. The number of carbonyl (C=O) groups excluding carboxylic acids is 2. The van der Waals surface area contributed by atoms with E-state index in [4.69, 9.17) is 0 Å². The highest BCUT2D eigenvalue weighted by atomic mass is 32.1. The van der Waals surface area contributed by atoms with Crippen LogP contribution in [0.4, 0.5) is 4.79 Å². The molecule has 1 saturated heterocycles. The molecule has 0 spiro atoms. The molecule has 134 valence electrons. The Labute approximate surface area is 152 Å². The SMILES string of the molecule is CN1C(=O)NC(c2ccsc2)C2=C1CN(CCN1CCCCC1)C2=O. The molecule has 1 unspecified atom stereocenters. The van der Waals surface area contributed by atoms with Gasteiger partial charge in [0, 0.05) is 20.1 Å². The fraction of sp³-hybridized carbons (Fsp3) is 0.556. The lowest BCUT2D eigenvalue weighted by atomic mass is 9.98. The van der Waals surface area contributed by atoms with Gasteiger partial charge in [-0.2, -0.15) is 11.3 Å². The third kappa shape index (κ3) is 3.06. The van der Waals surface area contributed by atoms with Crippen LogP contribution in [-0.2, 0) is 4.79 Å². The predicted molar refractivity (Wildman–Crippen MR) is 97.3 cm³/mol. The molecule has 1 fully saturated rings. The van der Waals surface area contributed by atoms with Crippen molar-refractivity contribution in [3.63, 3.8) is 0 Å². The molecule has 3 amide bonds. The van der Waals surface area contributed by atoms with E-state index in [0.29, 0.717) is 6.54 Å². The molecule has 1 N–H and O–H groups in total. The van der Waals surface area contributed by atoms with Crippen molar-refractivity contribution in [1.29, 1.82) is 0 Å². The average molecular weight is 360 g/mol. The van der Waals surface area contributed by atoms with Crippen LogP contribution in [0.1, 0.15) is 30.9 Å². The van der Waals surface area contributed by atoms with Crippen molar-refractivity contribution in [3.8, 4) is 0 Å². The molecule has 4 heterocycles. The monoisotopic (exact) mass is 360 g/mol. The van der Waals surface area contributed by atoms with Crippen LogP contribution in [0.2, 0.25) is 0 Å². The number of nitrogens with zero attached hydrogens (tertiary/aromatic N) is 3. The van der Waals surface area contributed by atoms with E-state index in [1.807, 2.05) is 21.7 Å². The van der Waals surface area contributed by atoms with E-state index in [9.17, 15) is 9.59 Å². The molecule has 1 aromatic rings. The second-order valence-electron chi connectivity index (χ2n) is 6.99. The van der Waals surface area contributed by atoms with Gasteiger partial charge in [-0.05, 0) is 48.3 Å². The van der Waals surface area contributed by atoms with Crippen LogP contribution < -0.4 is 5.32 Å². The van der Waals surface area contributed by atoms with Crippen LogP contribution in [0.15, 0.2) is 28.1 Å². The lowest BCUT2D eigenvalue weighted by Gasteiger charge is -2.30. The number of hydrogen-bond donors (Lipinski definition) is 1. The van der Waals surface area contributed by atoms with Gasteiger partial charge in [0.25, 0.3) is 5.91 Å². The van der Waals surface area contributed by atoms with Crippen LogP contribution in [0.5, 0.6) is 0 Å². The Kier molecular flexibility index (Phi) is 4.52. The summed E-state index contributed by atoms with van der Waals surface area (Å²) in [6.07, 6.45) is 3.82.